The molecule has 170 valence electrons. The topological polar surface area (TPSA) is 105 Å². The van der Waals surface area contributed by atoms with E-state index in [1.807, 2.05) is 6.07 Å². The van der Waals surface area contributed by atoms with Gasteiger partial charge in [0.05, 0.1) is 29.5 Å². The van der Waals surface area contributed by atoms with Gasteiger partial charge in [-0.05, 0) is 24.6 Å². The number of nitrogens with zero attached hydrogens (tertiary/aromatic N) is 5. The molecular formula is C20H23F2N7O2S. The van der Waals surface area contributed by atoms with Gasteiger partial charge in [-0.3, -0.25) is 9.71 Å². The van der Waals surface area contributed by atoms with Crippen LogP contribution in [0.2, 0.25) is 0 Å². The molecule has 0 saturated carbocycles. The van der Waals surface area contributed by atoms with Crippen molar-refractivity contribution in [3.05, 3.63) is 48.4 Å². The standard InChI is InChI=1S/C20H23F2N7O2S/c1-2-9-32(30,31)26-17-4-3-16(21)20(19(17)22)29-13-18(25-27-29)14-10-15(12-24-11-14)28-7-5-23-6-8-28/h3-4,10-13,23,26H,2,5-9H2,1H3. The lowest BCUT2D eigenvalue weighted by Crippen LogP contribution is -2.43. The van der Waals surface area contributed by atoms with Crippen molar-refractivity contribution in [3.8, 4) is 16.9 Å². The normalized spacial score (nSPS) is 14.5. The summed E-state index contributed by atoms with van der Waals surface area (Å²) in [5.41, 5.74) is 1.07. The molecule has 4 rings (SSSR count). The Bertz CT molecular complexity index is 1210. The first-order valence-electron chi connectivity index (χ1n) is 10.2. The van der Waals surface area contributed by atoms with Gasteiger partial charge in [-0.2, -0.15) is 0 Å². The molecule has 0 spiro atoms. The highest BCUT2D eigenvalue weighted by molar-refractivity contribution is 7.92. The maximum atomic E-state index is 15.0. The molecule has 9 nitrogen and oxygen atoms in total. The van der Waals surface area contributed by atoms with Crippen molar-refractivity contribution in [3.63, 3.8) is 0 Å². The number of nitrogens with one attached hydrogen (secondary N) is 2. The Morgan fingerprint density at radius 1 is 1.19 bits per heavy atom. The minimum atomic E-state index is -3.75. The van der Waals surface area contributed by atoms with E-state index in [-0.39, 0.29) is 11.4 Å². The summed E-state index contributed by atoms with van der Waals surface area (Å²) >= 11 is 0. The summed E-state index contributed by atoms with van der Waals surface area (Å²) in [6.07, 6.45) is 5.09. The van der Waals surface area contributed by atoms with E-state index in [0.717, 1.165) is 48.7 Å². The number of anilines is 2. The predicted octanol–water partition coefficient (Wildman–Crippen LogP) is 2.17. The average Bonchev–Trinajstić information content (AvgIpc) is 3.26. The Morgan fingerprint density at radius 3 is 2.72 bits per heavy atom. The second-order valence-electron chi connectivity index (χ2n) is 7.40. The first-order chi connectivity index (χ1) is 15.4. The molecule has 3 aromatic rings. The molecule has 1 aliphatic rings. The van der Waals surface area contributed by atoms with Gasteiger partial charge in [0.1, 0.15) is 11.4 Å². The second kappa shape index (κ2) is 9.17. The maximum absolute atomic E-state index is 15.0. The van der Waals surface area contributed by atoms with Crippen LogP contribution in [0.1, 0.15) is 13.3 Å². The van der Waals surface area contributed by atoms with Gasteiger partial charge in [0, 0.05) is 37.9 Å². The minimum Gasteiger partial charge on any atom is -0.368 e. The summed E-state index contributed by atoms with van der Waals surface area (Å²) in [6, 6.07) is 3.92. The van der Waals surface area contributed by atoms with E-state index >= 15 is 4.39 Å². The lowest BCUT2D eigenvalue weighted by molar-refractivity contribution is 0.558. The zero-order valence-electron chi connectivity index (χ0n) is 17.4. The molecule has 1 saturated heterocycles. The summed E-state index contributed by atoms with van der Waals surface area (Å²) in [5, 5.41) is 11.2. The molecule has 32 heavy (non-hydrogen) atoms. The summed E-state index contributed by atoms with van der Waals surface area (Å²) in [6.45, 7) is 5.12. The highest BCUT2D eigenvalue weighted by Crippen LogP contribution is 2.27. The Balaban J connectivity index is 1.65. The summed E-state index contributed by atoms with van der Waals surface area (Å²) in [4.78, 5) is 6.44. The van der Waals surface area contributed by atoms with Crippen molar-refractivity contribution in [2.24, 2.45) is 0 Å². The van der Waals surface area contributed by atoms with Gasteiger partial charge < -0.3 is 10.2 Å². The number of piperazine rings is 1. The van der Waals surface area contributed by atoms with Crippen LogP contribution in [-0.2, 0) is 10.0 Å². The molecule has 1 fully saturated rings. The number of aromatic nitrogens is 4. The van der Waals surface area contributed by atoms with Gasteiger partial charge in [-0.15, -0.1) is 5.10 Å². The maximum Gasteiger partial charge on any atom is 0.232 e. The number of halogens is 2. The third-order valence-corrected chi connectivity index (χ3v) is 6.51. The minimum absolute atomic E-state index is 0.178. The van der Waals surface area contributed by atoms with E-state index in [1.54, 1.807) is 19.3 Å². The first-order valence-corrected chi connectivity index (χ1v) is 11.9. The summed E-state index contributed by atoms with van der Waals surface area (Å²) in [7, 11) is -3.75. The number of rotatable bonds is 7. The van der Waals surface area contributed by atoms with E-state index in [4.69, 9.17) is 0 Å². The molecule has 0 bridgehead atoms. The van der Waals surface area contributed by atoms with E-state index in [9.17, 15) is 12.8 Å². The van der Waals surface area contributed by atoms with Crippen molar-refractivity contribution in [1.82, 2.24) is 25.3 Å². The van der Waals surface area contributed by atoms with Crippen LogP contribution >= 0.6 is 0 Å². The van der Waals surface area contributed by atoms with Crippen LogP contribution in [0.15, 0.2) is 36.8 Å². The average molecular weight is 464 g/mol. The second-order valence-corrected chi connectivity index (χ2v) is 9.24. The van der Waals surface area contributed by atoms with Crippen molar-refractivity contribution in [1.29, 1.82) is 0 Å². The molecule has 2 N–H and O–H groups in total. The quantitative estimate of drug-likeness (QED) is 0.553. The molecule has 1 aromatic carbocycles. The van der Waals surface area contributed by atoms with Gasteiger partial charge in [0.15, 0.2) is 11.6 Å². The number of pyridine rings is 1. The number of benzene rings is 1. The zero-order valence-corrected chi connectivity index (χ0v) is 18.2. The smallest absolute Gasteiger partial charge is 0.232 e. The SMILES string of the molecule is CCCS(=O)(=O)Nc1ccc(F)c(-n2cc(-c3cncc(N4CCNCC4)c3)nn2)c1F. The molecule has 12 heteroatoms. The first kappa shape index (κ1) is 22.1. The molecule has 0 radical (unpaired) electrons. The fourth-order valence-corrected chi connectivity index (χ4v) is 4.62. The molecule has 2 aromatic heterocycles. The van der Waals surface area contributed by atoms with Crippen LogP contribution in [0.5, 0.6) is 0 Å². The number of sulfonamides is 1. The van der Waals surface area contributed by atoms with Gasteiger partial charge in [0.25, 0.3) is 0 Å². The van der Waals surface area contributed by atoms with Gasteiger partial charge in [-0.1, -0.05) is 12.1 Å². The summed E-state index contributed by atoms with van der Waals surface area (Å²) < 4.78 is 56.7. The van der Waals surface area contributed by atoms with E-state index < -0.39 is 27.3 Å². The van der Waals surface area contributed by atoms with Crippen molar-refractivity contribution in [2.75, 3.05) is 41.6 Å². The Kier molecular flexibility index (Phi) is 6.33. The lowest BCUT2D eigenvalue weighted by Gasteiger charge is -2.29. The molecule has 0 atom stereocenters. The molecule has 1 aliphatic heterocycles. The van der Waals surface area contributed by atoms with E-state index in [2.05, 4.69) is 30.2 Å². The van der Waals surface area contributed by atoms with Crippen LogP contribution < -0.4 is 14.9 Å². The molecule has 3 heterocycles. The van der Waals surface area contributed by atoms with Gasteiger partial charge in [0.2, 0.25) is 10.0 Å². The van der Waals surface area contributed by atoms with E-state index in [0.29, 0.717) is 17.7 Å². The highest BCUT2D eigenvalue weighted by atomic mass is 32.2. The van der Waals surface area contributed by atoms with Crippen LogP contribution in [0.3, 0.4) is 0 Å². The monoisotopic (exact) mass is 463 g/mol. The third-order valence-electron chi connectivity index (χ3n) is 5.03. The number of hydrogen-bond donors (Lipinski definition) is 2. The molecular weight excluding hydrogens is 440 g/mol. The fourth-order valence-electron chi connectivity index (χ4n) is 3.49. The zero-order chi connectivity index (χ0) is 22.7. The lowest BCUT2D eigenvalue weighted by atomic mass is 10.2. The van der Waals surface area contributed by atoms with Crippen LogP contribution in [0.4, 0.5) is 20.2 Å². The van der Waals surface area contributed by atoms with Gasteiger partial charge >= 0.3 is 0 Å². The Hall–Kier alpha value is -3.12. The van der Waals surface area contributed by atoms with Crippen molar-refractivity contribution < 1.29 is 17.2 Å². The third kappa shape index (κ3) is 4.70. The molecule has 0 aliphatic carbocycles. The van der Waals surface area contributed by atoms with Crippen molar-refractivity contribution in [2.45, 2.75) is 13.3 Å². The van der Waals surface area contributed by atoms with Crippen molar-refractivity contribution >= 4 is 21.4 Å². The molecule has 0 amide bonds. The van der Waals surface area contributed by atoms with Crippen LogP contribution in [0, 0.1) is 11.6 Å². The summed E-state index contributed by atoms with van der Waals surface area (Å²) in [5.74, 6) is -2.15. The van der Waals surface area contributed by atoms with Gasteiger partial charge in [-0.25, -0.2) is 21.9 Å². The highest BCUT2D eigenvalue weighted by Gasteiger charge is 2.21. The van der Waals surface area contributed by atoms with Crippen LogP contribution in [0.25, 0.3) is 16.9 Å². The van der Waals surface area contributed by atoms with Crippen LogP contribution in [-0.4, -0.2) is 60.3 Å². The van der Waals surface area contributed by atoms with E-state index in [1.165, 1.54) is 6.20 Å². The Labute approximate surface area is 184 Å². The Morgan fingerprint density at radius 2 is 1.97 bits per heavy atom. The number of hydrogen-bond acceptors (Lipinski definition) is 7. The predicted molar refractivity (Wildman–Crippen MR) is 117 cm³/mol. The molecule has 0 unspecified atom stereocenters. The largest absolute Gasteiger partial charge is 0.368 e. The fraction of sp³-hybridized carbons (Fsp3) is 0.350.